The maximum Gasteiger partial charge on any atom is 0.437 e. The van der Waals surface area contributed by atoms with Crippen molar-refractivity contribution >= 4 is 35.1 Å². The topological polar surface area (TPSA) is 133 Å². The van der Waals surface area contributed by atoms with Crippen molar-refractivity contribution in [3.8, 4) is 0 Å². The molecule has 2 aliphatic rings. The number of amides is 4. The number of benzene rings is 1. The highest BCUT2D eigenvalue weighted by Gasteiger charge is 2.45. The lowest BCUT2D eigenvalue weighted by molar-refractivity contribution is -0.141. The van der Waals surface area contributed by atoms with E-state index in [-0.39, 0.29) is 36.3 Å². The van der Waals surface area contributed by atoms with Crippen LogP contribution in [0.15, 0.2) is 30.6 Å². The summed E-state index contributed by atoms with van der Waals surface area (Å²) in [6, 6.07) is 3.68. The van der Waals surface area contributed by atoms with E-state index in [1.54, 1.807) is 12.1 Å². The molecule has 1 aromatic carbocycles. The second kappa shape index (κ2) is 9.68. The summed E-state index contributed by atoms with van der Waals surface area (Å²) in [6.07, 6.45) is -1.34. The molecule has 1 saturated heterocycles. The highest BCUT2D eigenvalue weighted by atomic mass is 19.4. The number of carbonyl (C=O) groups is 4. The van der Waals surface area contributed by atoms with Gasteiger partial charge in [-0.3, -0.25) is 29.4 Å². The van der Waals surface area contributed by atoms with Gasteiger partial charge in [-0.2, -0.15) is 13.2 Å². The Morgan fingerprint density at radius 3 is 2.43 bits per heavy atom. The number of imide groups is 2. The Morgan fingerprint density at radius 2 is 1.71 bits per heavy atom. The van der Waals surface area contributed by atoms with Crippen LogP contribution in [0.4, 0.5) is 24.7 Å². The summed E-state index contributed by atoms with van der Waals surface area (Å²) < 4.78 is 38.9. The van der Waals surface area contributed by atoms with Crippen LogP contribution in [0.5, 0.6) is 0 Å². The fraction of sp³-hybridized carbons (Fsp3) is 0.364. The van der Waals surface area contributed by atoms with Gasteiger partial charge in [-0.25, -0.2) is 9.97 Å². The van der Waals surface area contributed by atoms with Crippen LogP contribution in [0.25, 0.3) is 0 Å². The van der Waals surface area contributed by atoms with Gasteiger partial charge in [-0.05, 0) is 31.4 Å². The van der Waals surface area contributed by atoms with Gasteiger partial charge in [-0.15, -0.1) is 0 Å². The van der Waals surface area contributed by atoms with E-state index in [0.717, 1.165) is 11.1 Å². The molecule has 13 heteroatoms. The van der Waals surface area contributed by atoms with Crippen molar-refractivity contribution in [3.05, 3.63) is 47.4 Å². The Bertz CT molecular complexity index is 1190. The number of halogens is 3. The first-order valence-electron chi connectivity index (χ1n) is 10.9. The van der Waals surface area contributed by atoms with Gasteiger partial charge in [0.15, 0.2) is 11.5 Å². The van der Waals surface area contributed by atoms with Gasteiger partial charge in [0.2, 0.25) is 11.8 Å². The predicted molar refractivity (Wildman–Crippen MR) is 116 cm³/mol. The van der Waals surface area contributed by atoms with E-state index in [0.29, 0.717) is 25.1 Å². The van der Waals surface area contributed by atoms with E-state index in [9.17, 15) is 32.3 Å². The van der Waals surface area contributed by atoms with Crippen LogP contribution >= 0.6 is 0 Å². The summed E-state index contributed by atoms with van der Waals surface area (Å²) in [7, 11) is 0. The molecule has 10 nitrogen and oxygen atoms in total. The van der Waals surface area contributed by atoms with Crippen molar-refractivity contribution in [2.45, 2.75) is 37.9 Å². The minimum absolute atomic E-state index is 0.0297. The standard InChI is InChI=1S/C22H21F3N6O4/c23-22(24,25)17-18(29-11-10-27-17)28-9-2-1-8-26-13-5-3-4-12-16(13)21(35)31(20(12)34)14-6-7-15(32)30-19(14)33/h3-5,10-11,14,26H,1-2,6-9H2,(H,28,29)(H,30,32,33). The molecule has 3 N–H and O–H groups in total. The Balaban J connectivity index is 1.34. The molecule has 0 radical (unpaired) electrons. The van der Waals surface area contributed by atoms with Crippen molar-refractivity contribution in [1.82, 2.24) is 20.2 Å². The molecule has 4 amide bonds. The highest BCUT2D eigenvalue weighted by Crippen LogP contribution is 2.33. The predicted octanol–water partition coefficient (Wildman–Crippen LogP) is 2.20. The third-order valence-corrected chi connectivity index (χ3v) is 5.65. The summed E-state index contributed by atoms with van der Waals surface area (Å²) in [6.45, 7) is 0.599. The van der Waals surface area contributed by atoms with Gasteiger partial charge in [0.1, 0.15) is 6.04 Å². The first kappa shape index (κ1) is 24.1. The zero-order valence-corrected chi connectivity index (χ0v) is 18.3. The van der Waals surface area contributed by atoms with E-state index in [1.807, 2.05) is 0 Å². The highest BCUT2D eigenvalue weighted by molar-refractivity contribution is 6.25. The quantitative estimate of drug-likeness (QED) is 0.379. The molecule has 2 aromatic rings. The van der Waals surface area contributed by atoms with Gasteiger partial charge in [0.05, 0.1) is 11.1 Å². The minimum atomic E-state index is -4.61. The van der Waals surface area contributed by atoms with Gasteiger partial charge >= 0.3 is 6.18 Å². The second-order valence-corrected chi connectivity index (χ2v) is 7.99. The molecule has 1 aromatic heterocycles. The number of anilines is 2. The molecule has 0 bridgehead atoms. The van der Waals surface area contributed by atoms with Crippen molar-refractivity contribution in [3.63, 3.8) is 0 Å². The van der Waals surface area contributed by atoms with E-state index in [1.165, 1.54) is 12.3 Å². The third kappa shape index (κ3) is 4.93. The number of hydrogen-bond acceptors (Lipinski definition) is 8. The van der Waals surface area contributed by atoms with E-state index >= 15 is 0 Å². The fourth-order valence-corrected chi connectivity index (χ4v) is 4.02. The molecule has 1 fully saturated rings. The zero-order chi connectivity index (χ0) is 25.2. The molecule has 1 atom stereocenters. The van der Waals surface area contributed by atoms with Crippen LogP contribution in [-0.2, 0) is 15.8 Å². The lowest BCUT2D eigenvalue weighted by atomic mass is 10.0. The lowest BCUT2D eigenvalue weighted by Crippen LogP contribution is -2.54. The Hall–Kier alpha value is -4.03. The van der Waals surface area contributed by atoms with Crippen LogP contribution < -0.4 is 16.0 Å². The maximum absolute atomic E-state index is 13.0. The average Bonchev–Trinajstić information content (AvgIpc) is 3.06. The van der Waals surface area contributed by atoms with Crippen LogP contribution in [0.2, 0.25) is 0 Å². The summed E-state index contributed by atoms with van der Waals surface area (Å²) in [4.78, 5) is 57.4. The number of nitrogens with zero attached hydrogens (tertiary/aromatic N) is 3. The number of alkyl halides is 3. The Kier molecular flexibility index (Phi) is 6.67. The summed E-state index contributed by atoms with van der Waals surface area (Å²) in [5.41, 5.74) is -0.359. The van der Waals surface area contributed by atoms with Crippen LogP contribution in [0.3, 0.4) is 0 Å². The third-order valence-electron chi connectivity index (χ3n) is 5.65. The number of rotatable bonds is 8. The molecule has 1 unspecified atom stereocenters. The smallest absolute Gasteiger partial charge is 0.384 e. The van der Waals surface area contributed by atoms with E-state index in [4.69, 9.17) is 0 Å². The number of fused-ring (bicyclic) bond motifs is 1. The van der Waals surface area contributed by atoms with Gasteiger partial charge in [-0.1, -0.05) is 6.07 Å². The summed E-state index contributed by atoms with van der Waals surface area (Å²) in [5.74, 6) is -2.70. The fourth-order valence-electron chi connectivity index (χ4n) is 4.02. The molecular weight excluding hydrogens is 469 g/mol. The zero-order valence-electron chi connectivity index (χ0n) is 18.3. The summed E-state index contributed by atoms with van der Waals surface area (Å²) in [5, 5.41) is 7.87. The first-order chi connectivity index (χ1) is 16.7. The van der Waals surface area contributed by atoms with Crippen molar-refractivity contribution in [1.29, 1.82) is 0 Å². The van der Waals surface area contributed by atoms with Crippen molar-refractivity contribution < 1.29 is 32.3 Å². The number of piperidine rings is 1. The summed E-state index contributed by atoms with van der Waals surface area (Å²) >= 11 is 0. The van der Waals surface area contributed by atoms with Gasteiger partial charge < -0.3 is 10.6 Å². The normalized spacial score (nSPS) is 17.9. The molecule has 4 rings (SSSR count). The van der Waals surface area contributed by atoms with Crippen LogP contribution in [0.1, 0.15) is 52.1 Å². The number of aromatic nitrogens is 2. The van der Waals surface area contributed by atoms with Crippen molar-refractivity contribution in [2.75, 3.05) is 23.7 Å². The molecule has 35 heavy (non-hydrogen) atoms. The molecule has 3 heterocycles. The van der Waals surface area contributed by atoms with Gasteiger partial charge in [0.25, 0.3) is 11.8 Å². The minimum Gasteiger partial charge on any atom is -0.384 e. The number of carbonyl (C=O) groups excluding carboxylic acids is 4. The first-order valence-corrected chi connectivity index (χ1v) is 10.9. The second-order valence-electron chi connectivity index (χ2n) is 7.99. The van der Waals surface area contributed by atoms with Crippen LogP contribution in [-0.4, -0.2) is 57.6 Å². The largest absolute Gasteiger partial charge is 0.437 e. The molecule has 2 aliphatic heterocycles. The molecule has 184 valence electrons. The lowest BCUT2D eigenvalue weighted by Gasteiger charge is -2.27. The van der Waals surface area contributed by atoms with Gasteiger partial charge in [0, 0.05) is 37.6 Å². The SMILES string of the molecule is O=C1CCC(N2C(=O)c3cccc(NCCCCNc4nccnc4C(F)(F)F)c3C2=O)C(=O)N1. The molecular formula is C22H21F3N6O4. The molecule has 0 spiro atoms. The Labute approximate surface area is 197 Å². The maximum atomic E-state index is 13.0. The molecule has 0 aliphatic carbocycles. The molecule has 0 saturated carbocycles. The van der Waals surface area contributed by atoms with Crippen molar-refractivity contribution in [2.24, 2.45) is 0 Å². The van der Waals surface area contributed by atoms with E-state index < -0.39 is 41.5 Å². The van der Waals surface area contributed by atoms with E-state index in [2.05, 4.69) is 25.9 Å². The van der Waals surface area contributed by atoms with Crippen LogP contribution in [0, 0.1) is 0 Å². The number of hydrogen-bond donors (Lipinski definition) is 3. The Morgan fingerprint density at radius 1 is 1.00 bits per heavy atom. The number of unbranched alkanes of at least 4 members (excludes halogenated alkanes) is 1. The monoisotopic (exact) mass is 490 g/mol. The number of nitrogens with one attached hydrogen (secondary N) is 3. The average molecular weight is 490 g/mol.